The third-order valence-corrected chi connectivity index (χ3v) is 3.30. The first-order chi connectivity index (χ1) is 11.2. The van der Waals surface area contributed by atoms with Crippen molar-refractivity contribution >= 4 is 17.0 Å². The lowest BCUT2D eigenvalue weighted by Crippen LogP contribution is -2.07. The van der Waals surface area contributed by atoms with E-state index in [-0.39, 0.29) is 11.4 Å². The Kier molecular flexibility index (Phi) is 4.05. The van der Waals surface area contributed by atoms with Crippen LogP contribution >= 0.6 is 0 Å². The highest BCUT2D eigenvalue weighted by molar-refractivity contribution is 5.58. The smallest absolute Gasteiger partial charge is 0.311 e. The molecular formula is C15H15N5O3. The first-order valence-electron chi connectivity index (χ1n) is 7.12. The number of ether oxygens (including phenoxy) is 1. The summed E-state index contributed by atoms with van der Waals surface area (Å²) in [4.78, 5) is 14.7. The Hall–Kier alpha value is -3.16. The van der Waals surface area contributed by atoms with Crippen LogP contribution in [0.3, 0.4) is 0 Å². The number of nitro benzene ring substituents is 1. The minimum absolute atomic E-state index is 0.0456. The van der Waals surface area contributed by atoms with Crippen molar-refractivity contribution in [1.29, 1.82) is 0 Å². The molecule has 0 aliphatic rings. The van der Waals surface area contributed by atoms with E-state index >= 15 is 0 Å². The fraction of sp³-hybridized carbons (Fsp3) is 0.200. The molecule has 0 unspecified atom stereocenters. The van der Waals surface area contributed by atoms with Gasteiger partial charge in [-0.05, 0) is 19.1 Å². The van der Waals surface area contributed by atoms with Crippen molar-refractivity contribution in [2.24, 2.45) is 0 Å². The van der Waals surface area contributed by atoms with Crippen LogP contribution in [0.5, 0.6) is 5.75 Å². The average molecular weight is 313 g/mol. The van der Waals surface area contributed by atoms with Gasteiger partial charge in [0, 0.05) is 30.1 Å². The van der Waals surface area contributed by atoms with E-state index in [1.54, 1.807) is 36.0 Å². The Morgan fingerprint density at radius 3 is 2.96 bits per heavy atom. The number of anilines is 1. The van der Waals surface area contributed by atoms with Gasteiger partial charge in [0.2, 0.25) is 0 Å². The second-order valence-electron chi connectivity index (χ2n) is 4.76. The van der Waals surface area contributed by atoms with Crippen molar-refractivity contribution in [2.75, 3.05) is 11.9 Å². The van der Waals surface area contributed by atoms with Gasteiger partial charge in [-0.1, -0.05) is 0 Å². The topological polar surface area (TPSA) is 94.6 Å². The van der Waals surface area contributed by atoms with Crippen LogP contribution in [0.25, 0.3) is 5.65 Å². The van der Waals surface area contributed by atoms with Crippen LogP contribution in [0, 0.1) is 10.1 Å². The molecular weight excluding hydrogens is 298 g/mol. The molecule has 0 aliphatic heterocycles. The number of rotatable bonds is 6. The van der Waals surface area contributed by atoms with Crippen LogP contribution in [0.4, 0.5) is 11.4 Å². The fourth-order valence-electron chi connectivity index (χ4n) is 2.26. The van der Waals surface area contributed by atoms with Gasteiger partial charge < -0.3 is 10.1 Å². The van der Waals surface area contributed by atoms with E-state index in [0.29, 0.717) is 13.2 Å². The Labute approximate surface area is 131 Å². The number of fused-ring (bicyclic) bond motifs is 1. The van der Waals surface area contributed by atoms with Gasteiger partial charge >= 0.3 is 5.69 Å². The molecule has 0 saturated heterocycles. The maximum absolute atomic E-state index is 11.0. The number of aromatic nitrogens is 3. The average Bonchev–Trinajstić information content (AvgIpc) is 3.02. The Bertz CT molecular complexity index is 846. The van der Waals surface area contributed by atoms with Gasteiger partial charge in [-0.3, -0.25) is 10.1 Å². The molecule has 0 bridgehead atoms. The van der Waals surface area contributed by atoms with Crippen LogP contribution in [0.15, 0.2) is 42.7 Å². The van der Waals surface area contributed by atoms with E-state index in [1.807, 2.05) is 12.1 Å². The van der Waals surface area contributed by atoms with E-state index < -0.39 is 4.92 Å². The molecule has 0 atom stereocenters. The van der Waals surface area contributed by atoms with E-state index in [9.17, 15) is 10.1 Å². The lowest BCUT2D eigenvalue weighted by Gasteiger charge is -2.10. The molecule has 0 fully saturated rings. The minimum Gasteiger partial charge on any atom is -0.487 e. The fourth-order valence-corrected chi connectivity index (χ4v) is 2.26. The number of nitrogens with one attached hydrogen (secondary N) is 1. The molecule has 0 radical (unpaired) electrons. The predicted molar refractivity (Wildman–Crippen MR) is 84.6 cm³/mol. The lowest BCUT2D eigenvalue weighted by molar-refractivity contribution is -0.385. The molecule has 2 heterocycles. The molecule has 0 amide bonds. The SMILES string of the molecule is CCOc1cc(NCc2ccnc3ccnn23)ccc1[N+](=O)[O-]. The zero-order valence-electron chi connectivity index (χ0n) is 12.5. The summed E-state index contributed by atoms with van der Waals surface area (Å²) in [5.74, 6) is 0.251. The van der Waals surface area contributed by atoms with E-state index in [2.05, 4.69) is 15.4 Å². The van der Waals surface area contributed by atoms with Crippen molar-refractivity contribution in [1.82, 2.24) is 14.6 Å². The maximum Gasteiger partial charge on any atom is 0.311 e. The largest absolute Gasteiger partial charge is 0.487 e. The Morgan fingerprint density at radius 1 is 1.30 bits per heavy atom. The molecule has 1 N–H and O–H groups in total. The van der Waals surface area contributed by atoms with Gasteiger partial charge in [-0.2, -0.15) is 5.10 Å². The molecule has 0 spiro atoms. The molecule has 3 rings (SSSR count). The van der Waals surface area contributed by atoms with Crippen molar-refractivity contribution in [3.8, 4) is 5.75 Å². The summed E-state index contributed by atoms with van der Waals surface area (Å²) in [6.45, 7) is 2.65. The van der Waals surface area contributed by atoms with Crippen molar-refractivity contribution in [2.45, 2.75) is 13.5 Å². The quantitative estimate of drug-likeness (QED) is 0.555. The van der Waals surface area contributed by atoms with Gasteiger partial charge in [-0.25, -0.2) is 9.50 Å². The monoisotopic (exact) mass is 313 g/mol. The standard InChI is InChI=1S/C15H15N5O3/c1-2-23-14-9-11(3-4-13(14)20(21)22)17-10-12-5-7-16-15-6-8-18-19(12)15/h3-9,17H,2,10H2,1H3. The van der Waals surface area contributed by atoms with Crippen molar-refractivity contribution in [3.05, 3.63) is 58.5 Å². The molecule has 2 aromatic heterocycles. The molecule has 0 saturated carbocycles. The minimum atomic E-state index is -0.453. The highest BCUT2D eigenvalue weighted by atomic mass is 16.6. The van der Waals surface area contributed by atoms with Gasteiger partial charge in [0.15, 0.2) is 11.4 Å². The van der Waals surface area contributed by atoms with Gasteiger partial charge in [0.1, 0.15) is 0 Å². The van der Waals surface area contributed by atoms with E-state index in [4.69, 9.17) is 4.74 Å². The summed E-state index contributed by atoms with van der Waals surface area (Å²) in [7, 11) is 0. The summed E-state index contributed by atoms with van der Waals surface area (Å²) in [5, 5.41) is 18.4. The number of hydrogen-bond donors (Lipinski definition) is 1. The van der Waals surface area contributed by atoms with Crippen LogP contribution < -0.4 is 10.1 Å². The third kappa shape index (κ3) is 3.05. The van der Waals surface area contributed by atoms with Crippen LogP contribution in [-0.4, -0.2) is 26.1 Å². The van der Waals surface area contributed by atoms with Gasteiger partial charge in [0.25, 0.3) is 0 Å². The summed E-state index contributed by atoms with van der Waals surface area (Å²) in [6, 6.07) is 8.40. The van der Waals surface area contributed by atoms with E-state index in [1.165, 1.54) is 6.07 Å². The number of nitro groups is 1. The van der Waals surface area contributed by atoms with Crippen LogP contribution in [0.2, 0.25) is 0 Å². The molecule has 23 heavy (non-hydrogen) atoms. The first-order valence-corrected chi connectivity index (χ1v) is 7.12. The molecule has 8 nitrogen and oxygen atoms in total. The maximum atomic E-state index is 11.0. The Balaban J connectivity index is 1.81. The number of hydrogen-bond acceptors (Lipinski definition) is 6. The number of nitrogens with zero attached hydrogens (tertiary/aromatic N) is 4. The second-order valence-corrected chi connectivity index (χ2v) is 4.76. The summed E-state index contributed by atoms with van der Waals surface area (Å²) in [6.07, 6.45) is 3.40. The normalized spacial score (nSPS) is 10.7. The van der Waals surface area contributed by atoms with Crippen LogP contribution in [0.1, 0.15) is 12.6 Å². The lowest BCUT2D eigenvalue weighted by atomic mass is 10.2. The molecule has 118 valence electrons. The van der Waals surface area contributed by atoms with Crippen molar-refractivity contribution < 1.29 is 9.66 Å². The molecule has 8 heteroatoms. The molecule has 0 aliphatic carbocycles. The summed E-state index contributed by atoms with van der Waals surface area (Å²) >= 11 is 0. The zero-order chi connectivity index (χ0) is 16.2. The zero-order valence-corrected chi connectivity index (χ0v) is 12.5. The number of benzene rings is 1. The van der Waals surface area contributed by atoms with Crippen LogP contribution in [-0.2, 0) is 6.54 Å². The van der Waals surface area contributed by atoms with Gasteiger partial charge in [-0.15, -0.1) is 0 Å². The first kappa shape index (κ1) is 14.8. The summed E-state index contributed by atoms with van der Waals surface area (Å²) < 4.78 is 7.08. The highest BCUT2D eigenvalue weighted by Crippen LogP contribution is 2.30. The Morgan fingerprint density at radius 2 is 2.17 bits per heavy atom. The molecule has 3 aromatic rings. The van der Waals surface area contributed by atoms with Crippen molar-refractivity contribution in [3.63, 3.8) is 0 Å². The van der Waals surface area contributed by atoms with Gasteiger partial charge in [0.05, 0.1) is 30.0 Å². The second kappa shape index (κ2) is 6.30. The summed E-state index contributed by atoms with van der Waals surface area (Å²) in [5.41, 5.74) is 2.38. The van der Waals surface area contributed by atoms with E-state index in [0.717, 1.165) is 17.0 Å². The third-order valence-electron chi connectivity index (χ3n) is 3.30. The predicted octanol–water partition coefficient (Wildman–Crippen LogP) is 2.65. The highest BCUT2D eigenvalue weighted by Gasteiger charge is 2.15. The molecule has 1 aromatic carbocycles.